The second-order valence-electron chi connectivity index (χ2n) is 4.08. The van der Waals surface area contributed by atoms with Crippen molar-refractivity contribution in [3.05, 3.63) is 34.4 Å². The summed E-state index contributed by atoms with van der Waals surface area (Å²) in [6.07, 6.45) is 2.12. The van der Waals surface area contributed by atoms with Crippen molar-refractivity contribution in [1.82, 2.24) is 14.6 Å². The molecular formula is C11H13N3O2. The predicted octanol–water partition coefficient (Wildman–Crippen LogP) is 0.917. The summed E-state index contributed by atoms with van der Waals surface area (Å²) in [5, 5.41) is 3.05. The van der Waals surface area contributed by atoms with E-state index in [0.29, 0.717) is 12.3 Å². The largest absolute Gasteiger partial charge is 0.381 e. The van der Waals surface area contributed by atoms with Crippen molar-refractivity contribution in [3.63, 3.8) is 0 Å². The zero-order valence-electron chi connectivity index (χ0n) is 8.85. The fraction of sp³-hybridized carbons (Fsp3) is 0.455. The number of aromatic nitrogens is 3. The normalized spacial score (nSPS) is 21.4. The van der Waals surface area contributed by atoms with Crippen molar-refractivity contribution in [2.75, 3.05) is 13.2 Å². The summed E-state index contributed by atoms with van der Waals surface area (Å²) in [5.74, 6) is 1.14. The average Bonchev–Trinajstić information content (AvgIpc) is 2.76. The number of pyridine rings is 1. The Kier molecular flexibility index (Phi) is 2.25. The van der Waals surface area contributed by atoms with Gasteiger partial charge in [0.05, 0.1) is 6.61 Å². The molecule has 0 amide bonds. The summed E-state index contributed by atoms with van der Waals surface area (Å²) in [7, 11) is 0. The molecule has 1 aliphatic rings. The molecule has 2 aromatic rings. The van der Waals surface area contributed by atoms with Crippen molar-refractivity contribution < 1.29 is 4.74 Å². The van der Waals surface area contributed by atoms with E-state index in [-0.39, 0.29) is 11.5 Å². The maximum absolute atomic E-state index is 11.5. The van der Waals surface area contributed by atoms with Crippen molar-refractivity contribution in [2.24, 2.45) is 0 Å². The Labute approximate surface area is 92.1 Å². The van der Waals surface area contributed by atoms with Crippen LogP contribution in [0.1, 0.15) is 24.6 Å². The zero-order chi connectivity index (χ0) is 11.0. The lowest BCUT2D eigenvalue weighted by atomic mass is 10.0. The molecule has 5 heteroatoms. The van der Waals surface area contributed by atoms with Gasteiger partial charge in [0.2, 0.25) is 0 Å². The molecule has 5 nitrogen and oxygen atoms in total. The second kappa shape index (κ2) is 3.75. The highest BCUT2D eigenvalue weighted by Crippen LogP contribution is 2.22. The molecule has 1 atom stereocenters. The fourth-order valence-corrected chi connectivity index (χ4v) is 2.08. The Balaban J connectivity index is 2.04. The Morgan fingerprint density at radius 3 is 3.19 bits per heavy atom. The van der Waals surface area contributed by atoms with E-state index in [9.17, 15) is 4.79 Å². The maximum Gasteiger partial charge on any atom is 0.271 e. The molecule has 16 heavy (non-hydrogen) atoms. The lowest BCUT2D eigenvalue weighted by Crippen LogP contribution is -2.17. The minimum Gasteiger partial charge on any atom is -0.381 e. The van der Waals surface area contributed by atoms with Gasteiger partial charge in [-0.15, -0.1) is 0 Å². The standard InChI is InChI=1S/C11H13N3O2/c15-10-5-1-4-9-12-11(13-14(9)10)8-3-2-6-16-7-8/h1,4-5,8H,2-3,6-7H2,(H,12,13). The van der Waals surface area contributed by atoms with Crippen molar-refractivity contribution in [2.45, 2.75) is 18.8 Å². The number of nitrogens with zero attached hydrogens (tertiary/aromatic N) is 2. The predicted molar refractivity (Wildman–Crippen MR) is 58.6 cm³/mol. The minimum absolute atomic E-state index is 0.0759. The molecule has 3 heterocycles. The lowest BCUT2D eigenvalue weighted by Gasteiger charge is -2.19. The maximum atomic E-state index is 11.5. The molecule has 1 N–H and O–H groups in total. The molecule has 0 bridgehead atoms. The molecule has 0 aliphatic carbocycles. The first-order chi connectivity index (χ1) is 7.84. The van der Waals surface area contributed by atoms with E-state index < -0.39 is 0 Å². The molecule has 2 aromatic heterocycles. The number of hydrogen-bond donors (Lipinski definition) is 1. The highest BCUT2D eigenvalue weighted by atomic mass is 16.5. The van der Waals surface area contributed by atoms with E-state index in [4.69, 9.17) is 4.74 Å². The van der Waals surface area contributed by atoms with Gasteiger partial charge in [0, 0.05) is 18.6 Å². The third-order valence-corrected chi connectivity index (χ3v) is 2.94. The van der Waals surface area contributed by atoms with Gasteiger partial charge in [-0.05, 0) is 18.9 Å². The Morgan fingerprint density at radius 1 is 1.50 bits per heavy atom. The first-order valence-corrected chi connectivity index (χ1v) is 5.50. The van der Waals surface area contributed by atoms with Gasteiger partial charge in [0.15, 0.2) is 5.65 Å². The Hall–Kier alpha value is -1.62. The van der Waals surface area contributed by atoms with Crippen LogP contribution in [0.3, 0.4) is 0 Å². The first-order valence-electron chi connectivity index (χ1n) is 5.50. The third-order valence-electron chi connectivity index (χ3n) is 2.94. The van der Waals surface area contributed by atoms with Gasteiger partial charge in [-0.3, -0.25) is 9.89 Å². The van der Waals surface area contributed by atoms with Gasteiger partial charge in [-0.25, -0.2) is 9.50 Å². The van der Waals surface area contributed by atoms with Gasteiger partial charge in [0.1, 0.15) is 5.82 Å². The quantitative estimate of drug-likeness (QED) is 0.775. The van der Waals surface area contributed by atoms with Gasteiger partial charge < -0.3 is 4.74 Å². The topological polar surface area (TPSA) is 59.4 Å². The summed E-state index contributed by atoms with van der Waals surface area (Å²) in [6, 6.07) is 5.07. The van der Waals surface area contributed by atoms with Crippen LogP contribution in [0.4, 0.5) is 0 Å². The molecule has 0 radical (unpaired) electrons. The van der Waals surface area contributed by atoms with Crippen LogP contribution in [0, 0.1) is 0 Å². The summed E-state index contributed by atoms with van der Waals surface area (Å²) < 4.78 is 6.89. The number of aromatic amines is 1. The van der Waals surface area contributed by atoms with E-state index in [1.54, 1.807) is 6.07 Å². The van der Waals surface area contributed by atoms with Crippen LogP contribution in [0.25, 0.3) is 5.65 Å². The SMILES string of the molecule is O=c1cccc2nc(C3CCCOC3)[nH]n12. The summed E-state index contributed by atoms with van der Waals surface area (Å²) in [5.41, 5.74) is 0.598. The van der Waals surface area contributed by atoms with Gasteiger partial charge in [0.25, 0.3) is 5.56 Å². The lowest BCUT2D eigenvalue weighted by molar-refractivity contribution is 0.0781. The molecule has 1 fully saturated rings. The Morgan fingerprint density at radius 2 is 2.44 bits per heavy atom. The van der Waals surface area contributed by atoms with E-state index in [2.05, 4.69) is 10.1 Å². The number of H-pyrrole nitrogens is 1. The summed E-state index contributed by atoms with van der Waals surface area (Å²) in [6.45, 7) is 1.52. The van der Waals surface area contributed by atoms with Crippen LogP contribution in [-0.4, -0.2) is 27.8 Å². The molecule has 1 aliphatic heterocycles. The van der Waals surface area contributed by atoms with Gasteiger partial charge in [-0.2, -0.15) is 0 Å². The average molecular weight is 219 g/mol. The summed E-state index contributed by atoms with van der Waals surface area (Å²) in [4.78, 5) is 16.0. The first kappa shape index (κ1) is 9.59. The minimum atomic E-state index is -0.0759. The fourth-order valence-electron chi connectivity index (χ4n) is 2.08. The second-order valence-corrected chi connectivity index (χ2v) is 4.08. The smallest absolute Gasteiger partial charge is 0.271 e. The van der Waals surface area contributed by atoms with E-state index in [1.165, 1.54) is 10.6 Å². The number of nitrogens with one attached hydrogen (secondary N) is 1. The van der Waals surface area contributed by atoms with E-state index in [1.807, 2.05) is 6.07 Å². The Bertz CT molecular complexity index is 552. The highest BCUT2D eigenvalue weighted by molar-refractivity contribution is 5.36. The van der Waals surface area contributed by atoms with Crippen molar-refractivity contribution >= 4 is 5.65 Å². The number of fused-ring (bicyclic) bond motifs is 1. The van der Waals surface area contributed by atoms with E-state index >= 15 is 0 Å². The molecular weight excluding hydrogens is 206 g/mol. The van der Waals surface area contributed by atoms with Crippen LogP contribution in [0.5, 0.6) is 0 Å². The molecule has 0 saturated carbocycles. The molecule has 1 saturated heterocycles. The third kappa shape index (κ3) is 1.53. The van der Waals surface area contributed by atoms with Crippen LogP contribution in [-0.2, 0) is 4.74 Å². The van der Waals surface area contributed by atoms with Crippen LogP contribution < -0.4 is 5.56 Å². The molecule has 0 aromatic carbocycles. The number of hydrogen-bond acceptors (Lipinski definition) is 3. The number of rotatable bonds is 1. The summed E-state index contributed by atoms with van der Waals surface area (Å²) >= 11 is 0. The molecule has 84 valence electrons. The van der Waals surface area contributed by atoms with Crippen LogP contribution >= 0.6 is 0 Å². The van der Waals surface area contributed by atoms with Crippen LogP contribution in [0.2, 0.25) is 0 Å². The highest BCUT2D eigenvalue weighted by Gasteiger charge is 2.19. The molecule has 1 unspecified atom stereocenters. The van der Waals surface area contributed by atoms with E-state index in [0.717, 1.165) is 25.3 Å². The molecule has 3 rings (SSSR count). The van der Waals surface area contributed by atoms with Crippen LogP contribution in [0.15, 0.2) is 23.0 Å². The zero-order valence-corrected chi connectivity index (χ0v) is 8.85. The van der Waals surface area contributed by atoms with Crippen molar-refractivity contribution in [1.29, 1.82) is 0 Å². The van der Waals surface area contributed by atoms with Gasteiger partial charge in [-0.1, -0.05) is 6.07 Å². The van der Waals surface area contributed by atoms with Crippen molar-refractivity contribution in [3.8, 4) is 0 Å². The number of ether oxygens (including phenoxy) is 1. The monoisotopic (exact) mass is 219 g/mol. The van der Waals surface area contributed by atoms with Gasteiger partial charge >= 0.3 is 0 Å². The molecule has 0 spiro atoms.